The number of carbonyl (C=O) groups excluding carboxylic acids is 1. The highest BCUT2D eigenvalue weighted by atomic mass is 35.5. The lowest BCUT2D eigenvalue weighted by Crippen LogP contribution is -2.60. The highest BCUT2D eigenvalue weighted by Crippen LogP contribution is 2.73. The van der Waals surface area contributed by atoms with Crippen LogP contribution in [0.2, 0.25) is 5.02 Å². The first-order chi connectivity index (χ1) is 16.2. The second-order valence-electron chi connectivity index (χ2n) is 12.4. The Balaban J connectivity index is 1.44. The summed E-state index contributed by atoms with van der Waals surface area (Å²) in [5.41, 5.74) is 4.11. The van der Waals surface area contributed by atoms with Gasteiger partial charge in [-0.15, -0.1) is 0 Å². The number of hydrogen-bond donors (Lipinski definition) is 0. The molecule has 0 aliphatic heterocycles. The van der Waals surface area contributed by atoms with E-state index in [2.05, 4.69) is 43.8 Å². The number of fused-ring (bicyclic) bond motifs is 5. The highest BCUT2D eigenvalue weighted by Gasteiger charge is 2.68. The van der Waals surface area contributed by atoms with Crippen LogP contribution in [0.3, 0.4) is 0 Å². The maximum atomic E-state index is 13.2. The fourth-order valence-electron chi connectivity index (χ4n) is 9.48. The zero-order valence-electron chi connectivity index (χ0n) is 21.0. The van der Waals surface area contributed by atoms with Gasteiger partial charge in [-0.05, 0) is 100 Å². The first-order valence-electron chi connectivity index (χ1n) is 13.2. The smallest absolute Gasteiger partial charge is 0.312 e. The van der Waals surface area contributed by atoms with Crippen LogP contribution < -0.4 is 0 Å². The minimum absolute atomic E-state index is 0.0326. The molecule has 6 atom stereocenters. The van der Waals surface area contributed by atoms with Gasteiger partial charge in [0.25, 0.3) is 0 Å². The van der Waals surface area contributed by atoms with Crippen molar-refractivity contribution in [2.75, 3.05) is 6.61 Å². The molecule has 2 bridgehead atoms. The van der Waals surface area contributed by atoms with E-state index in [4.69, 9.17) is 21.4 Å². The minimum atomic E-state index is -0.361. The van der Waals surface area contributed by atoms with E-state index in [1.54, 1.807) is 0 Å². The van der Waals surface area contributed by atoms with Gasteiger partial charge in [0.05, 0.1) is 29.6 Å². The lowest BCUT2D eigenvalue weighted by molar-refractivity contribution is -0.180. The van der Waals surface area contributed by atoms with Crippen molar-refractivity contribution in [2.45, 2.75) is 89.9 Å². The molecule has 0 unspecified atom stereocenters. The molecule has 4 nitrogen and oxygen atoms in total. The molecule has 0 radical (unpaired) electrons. The number of nitrogens with zero attached hydrogens (tertiary/aromatic N) is 2. The number of carbonyl (C=O) groups is 1. The monoisotopic (exact) mass is 480 g/mol. The quantitative estimate of drug-likeness (QED) is 0.444. The molecule has 0 amide bonds. The number of rotatable bonds is 3. The molecule has 3 saturated carbocycles. The van der Waals surface area contributed by atoms with E-state index in [0.29, 0.717) is 18.4 Å². The van der Waals surface area contributed by atoms with Crippen molar-refractivity contribution >= 4 is 17.6 Å². The average molecular weight is 481 g/mol. The Hall–Kier alpha value is -1.81. The predicted molar refractivity (Wildman–Crippen MR) is 134 cm³/mol. The zero-order valence-corrected chi connectivity index (χ0v) is 21.8. The second kappa shape index (κ2) is 7.35. The first kappa shape index (κ1) is 22.6. The molecule has 1 spiro atoms. The van der Waals surface area contributed by atoms with Crippen molar-refractivity contribution in [3.05, 3.63) is 46.7 Å². The van der Waals surface area contributed by atoms with Crippen molar-refractivity contribution in [1.82, 2.24) is 9.78 Å². The third kappa shape index (κ3) is 2.78. The van der Waals surface area contributed by atoms with Crippen LogP contribution in [0.1, 0.15) is 90.3 Å². The lowest BCUT2D eigenvalue weighted by Gasteiger charge is -2.64. The van der Waals surface area contributed by atoms with Crippen molar-refractivity contribution in [3.8, 4) is 5.69 Å². The molecular formula is C29H37ClN2O2. The van der Waals surface area contributed by atoms with Crippen molar-refractivity contribution in [2.24, 2.45) is 22.7 Å². The first-order valence-corrected chi connectivity index (χ1v) is 13.6. The zero-order chi connectivity index (χ0) is 23.9. The molecule has 1 aromatic carbocycles. The van der Waals surface area contributed by atoms with Crippen LogP contribution in [0.5, 0.6) is 0 Å². The average Bonchev–Trinajstić information content (AvgIpc) is 3.32. The summed E-state index contributed by atoms with van der Waals surface area (Å²) in [4.78, 5) is 13.2. The number of benzene rings is 1. The van der Waals surface area contributed by atoms with E-state index in [1.807, 2.05) is 19.1 Å². The SMILES string of the molecule is CCOC(=O)[C@]1(C)CCC[C@@]2(C)[C@@H]3CC[C@@]4(C)C[C@]3(CC[C@@H]21)c1cnn(-c2ccc(Cl)cc2)c14. The van der Waals surface area contributed by atoms with Gasteiger partial charge in [0, 0.05) is 21.4 Å². The Kier molecular flexibility index (Phi) is 4.89. The molecule has 2 aromatic rings. The van der Waals surface area contributed by atoms with Gasteiger partial charge in [0.2, 0.25) is 0 Å². The summed E-state index contributed by atoms with van der Waals surface area (Å²) in [7, 11) is 0. The fraction of sp³-hybridized carbons (Fsp3) is 0.655. The molecule has 6 rings (SSSR count). The largest absolute Gasteiger partial charge is 0.466 e. The van der Waals surface area contributed by atoms with Crippen molar-refractivity contribution < 1.29 is 9.53 Å². The van der Waals surface area contributed by atoms with Gasteiger partial charge in [-0.2, -0.15) is 5.10 Å². The molecule has 5 heteroatoms. The molecular weight excluding hydrogens is 444 g/mol. The van der Waals surface area contributed by atoms with E-state index in [1.165, 1.54) is 36.9 Å². The predicted octanol–water partition coefficient (Wildman–Crippen LogP) is 7.00. The fourth-order valence-corrected chi connectivity index (χ4v) is 9.61. The number of aromatic nitrogens is 2. The van der Waals surface area contributed by atoms with Crippen LogP contribution in [-0.2, 0) is 20.4 Å². The van der Waals surface area contributed by atoms with Crippen LogP contribution in [0, 0.1) is 22.7 Å². The highest BCUT2D eigenvalue weighted by molar-refractivity contribution is 6.30. The number of halogens is 1. The van der Waals surface area contributed by atoms with Crippen molar-refractivity contribution in [1.29, 1.82) is 0 Å². The number of esters is 1. The summed E-state index contributed by atoms with van der Waals surface area (Å²) < 4.78 is 7.84. The molecule has 1 heterocycles. The van der Waals surface area contributed by atoms with Crippen LogP contribution >= 0.6 is 11.6 Å². The molecule has 34 heavy (non-hydrogen) atoms. The molecule has 0 saturated heterocycles. The lowest BCUT2D eigenvalue weighted by atomic mass is 9.40. The Morgan fingerprint density at radius 1 is 1.09 bits per heavy atom. The van der Waals surface area contributed by atoms with Crippen LogP contribution in [0.15, 0.2) is 30.5 Å². The summed E-state index contributed by atoms with van der Waals surface area (Å²) >= 11 is 6.18. The summed E-state index contributed by atoms with van der Waals surface area (Å²) in [6, 6.07) is 8.08. The molecule has 4 aliphatic carbocycles. The summed E-state index contributed by atoms with van der Waals surface area (Å²) in [6.07, 6.45) is 11.4. The Morgan fingerprint density at radius 2 is 1.82 bits per heavy atom. The molecule has 182 valence electrons. The van der Waals surface area contributed by atoms with Gasteiger partial charge in [0.1, 0.15) is 0 Å². The van der Waals surface area contributed by atoms with Gasteiger partial charge >= 0.3 is 5.97 Å². The number of hydrogen-bond acceptors (Lipinski definition) is 3. The van der Waals surface area contributed by atoms with E-state index < -0.39 is 0 Å². The maximum absolute atomic E-state index is 13.2. The second-order valence-corrected chi connectivity index (χ2v) is 12.8. The minimum Gasteiger partial charge on any atom is -0.466 e. The third-order valence-corrected chi connectivity index (χ3v) is 11.0. The van der Waals surface area contributed by atoms with E-state index >= 15 is 0 Å². The standard InChI is InChI=1S/C29H37ClN2O2/c1-5-34-25(33)28(4)14-6-13-27(3)22(28)12-16-29-18-26(2,15-11-23(27)29)24-21(29)17-31-32(24)20-9-7-19(30)8-10-20/h7-10,17,22-23H,5-6,11-16,18H2,1-4H3/t22-,23-,26-,27+,28+,29+/m0/s1. The Bertz CT molecular complexity index is 1140. The molecule has 0 N–H and O–H groups in total. The summed E-state index contributed by atoms with van der Waals surface area (Å²) in [5.74, 6) is 1.01. The Labute approximate surface area is 208 Å². The molecule has 3 fully saturated rings. The van der Waals surface area contributed by atoms with Crippen LogP contribution in [0.25, 0.3) is 5.69 Å². The topological polar surface area (TPSA) is 44.1 Å². The summed E-state index contributed by atoms with van der Waals surface area (Å²) in [5, 5.41) is 5.71. The molecule has 1 aromatic heterocycles. The van der Waals surface area contributed by atoms with Crippen molar-refractivity contribution in [3.63, 3.8) is 0 Å². The van der Waals surface area contributed by atoms with Crippen LogP contribution in [-0.4, -0.2) is 22.4 Å². The van der Waals surface area contributed by atoms with Gasteiger partial charge in [-0.1, -0.05) is 31.9 Å². The summed E-state index contributed by atoms with van der Waals surface area (Å²) in [6.45, 7) is 9.58. The van der Waals surface area contributed by atoms with E-state index in [9.17, 15) is 4.79 Å². The van der Waals surface area contributed by atoms with Gasteiger partial charge in [0.15, 0.2) is 0 Å². The maximum Gasteiger partial charge on any atom is 0.312 e. The van der Waals surface area contributed by atoms with Gasteiger partial charge in [-0.25, -0.2) is 4.68 Å². The van der Waals surface area contributed by atoms with E-state index in [0.717, 1.165) is 36.4 Å². The van der Waals surface area contributed by atoms with Gasteiger partial charge < -0.3 is 4.74 Å². The normalized spacial score (nSPS) is 40.3. The van der Waals surface area contributed by atoms with Gasteiger partial charge in [-0.3, -0.25) is 4.79 Å². The van der Waals surface area contributed by atoms with E-state index in [-0.39, 0.29) is 27.6 Å². The molecule has 4 aliphatic rings. The third-order valence-electron chi connectivity index (χ3n) is 10.7. The van der Waals surface area contributed by atoms with Crippen LogP contribution in [0.4, 0.5) is 0 Å². The number of ether oxygens (including phenoxy) is 1. The Morgan fingerprint density at radius 3 is 2.56 bits per heavy atom.